The van der Waals surface area contributed by atoms with Crippen LogP contribution in [-0.4, -0.2) is 25.3 Å². The van der Waals surface area contributed by atoms with E-state index in [0.29, 0.717) is 18.1 Å². The summed E-state index contributed by atoms with van der Waals surface area (Å²) in [6, 6.07) is 0.410. The predicted octanol–water partition coefficient (Wildman–Crippen LogP) is 3.92. The zero-order valence-electron chi connectivity index (χ0n) is 12.7. The Morgan fingerprint density at radius 3 is 2.61 bits per heavy atom. The van der Waals surface area contributed by atoms with Gasteiger partial charge < -0.3 is 10.1 Å². The highest BCUT2D eigenvalue weighted by Crippen LogP contribution is 2.25. The molecule has 18 heavy (non-hydrogen) atoms. The Balaban J connectivity index is 2.80. The lowest BCUT2D eigenvalue weighted by atomic mass is 9.90. The van der Waals surface area contributed by atoms with Gasteiger partial charge in [-0.05, 0) is 45.1 Å². The standard InChI is InChI=1S/C16H31NO/c1-5-17-15(16(13(3)4)18-6-2)14-11-9-7-8-10-12-14/h11,13,15-17H,5-10,12H2,1-4H3. The molecule has 0 aromatic carbocycles. The van der Waals surface area contributed by atoms with E-state index in [1.165, 1.54) is 32.1 Å². The first-order valence-corrected chi connectivity index (χ1v) is 7.74. The first kappa shape index (κ1) is 15.7. The molecule has 1 rings (SSSR count). The molecule has 0 aromatic heterocycles. The molecule has 0 aromatic rings. The second-order valence-electron chi connectivity index (χ2n) is 5.58. The summed E-state index contributed by atoms with van der Waals surface area (Å²) in [7, 11) is 0. The van der Waals surface area contributed by atoms with Crippen LogP contribution in [0.15, 0.2) is 11.6 Å². The van der Waals surface area contributed by atoms with Crippen molar-refractivity contribution in [2.75, 3.05) is 13.2 Å². The Morgan fingerprint density at radius 1 is 1.22 bits per heavy atom. The maximum Gasteiger partial charge on any atom is 0.0789 e. The summed E-state index contributed by atoms with van der Waals surface area (Å²) in [6.07, 6.45) is 9.32. The van der Waals surface area contributed by atoms with Gasteiger partial charge in [-0.2, -0.15) is 0 Å². The van der Waals surface area contributed by atoms with E-state index >= 15 is 0 Å². The van der Waals surface area contributed by atoms with Gasteiger partial charge in [-0.3, -0.25) is 0 Å². The SMILES string of the molecule is CCNC(C1=CCCCCC1)C(OCC)C(C)C. The van der Waals surface area contributed by atoms with E-state index in [9.17, 15) is 0 Å². The Labute approximate surface area is 113 Å². The van der Waals surface area contributed by atoms with Crippen LogP contribution in [0.1, 0.15) is 59.8 Å². The van der Waals surface area contributed by atoms with Crippen molar-refractivity contribution >= 4 is 0 Å². The van der Waals surface area contributed by atoms with Crippen LogP contribution in [0.5, 0.6) is 0 Å². The van der Waals surface area contributed by atoms with Crippen molar-refractivity contribution in [3.05, 3.63) is 11.6 Å². The molecule has 0 bridgehead atoms. The fraction of sp³-hybridized carbons (Fsp3) is 0.875. The molecule has 106 valence electrons. The zero-order chi connectivity index (χ0) is 13.4. The van der Waals surface area contributed by atoms with Crippen molar-refractivity contribution in [3.8, 4) is 0 Å². The molecule has 2 nitrogen and oxygen atoms in total. The number of ether oxygens (including phenoxy) is 1. The van der Waals surface area contributed by atoms with E-state index in [1.807, 2.05) is 0 Å². The van der Waals surface area contributed by atoms with E-state index in [4.69, 9.17) is 4.74 Å². The molecule has 2 unspecified atom stereocenters. The number of likely N-dealkylation sites (N-methyl/N-ethyl adjacent to an activating group) is 1. The number of hydrogen-bond donors (Lipinski definition) is 1. The topological polar surface area (TPSA) is 21.3 Å². The lowest BCUT2D eigenvalue weighted by Gasteiger charge is -2.32. The molecule has 0 amide bonds. The normalized spacial score (nSPS) is 20.4. The average molecular weight is 253 g/mol. The molecule has 0 saturated carbocycles. The smallest absolute Gasteiger partial charge is 0.0789 e. The Hall–Kier alpha value is -0.340. The van der Waals surface area contributed by atoms with Crippen LogP contribution in [0.4, 0.5) is 0 Å². The molecular weight excluding hydrogens is 222 g/mol. The van der Waals surface area contributed by atoms with Gasteiger partial charge in [-0.25, -0.2) is 0 Å². The van der Waals surface area contributed by atoms with Gasteiger partial charge in [0.15, 0.2) is 0 Å². The van der Waals surface area contributed by atoms with Crippen molar-refractivity contribution in [2.24, 2.45) is 5.92 Å². The van der Waals surface area contributed by atoms with Crippen LogP contribution in [-0.2, 0) is 4.74 Å². The van der Waals surface area contributed by atoms with Crippen molar-refractivity contribution in [1.82, 2.24) is 5.32 Å². The predicted molar refractivity (Wildman–Crippen MR) is 78.9 cm³/mol. The van der Waals surface area contributed by atoms with E-state index in [1.54, 1.807) is 5.57 Å². The molecule has 0 spiro atoms. The molecule has 1 aliphatic rings. The molecule has 0 saturated heterocycles. The quantitative estimate of drug-likeness (QED) is 0.694. The molecular formula is C16H31NO. The molecule has 1 N–H and O–H groups in total. The highest BCUT2D eigenvalue weighted by molar-refractivity contribution is 5.15. The van der Waals surface area contributed by atoms with Crippen molar-refractivity contribution < 1.29 is 4.74 Å². The Bertz CT molecular complexity index is 247. The summed E-state index contributed by atoms with van der Waals surface area (Å²) in [5.41, 5.74) is 1.58. The highest BCUT2D eigenvalue weighted by Gasteiger charge is 2.27. The average Bonchev–Trinajstić information content (AvgIpc) is 2.62. The fourth-order valence-corrected chi connectivity index (χ4v) is 2.87. The van der Waals surface area contributed by atoms with E-state index < -0.39 is 0 Å². The van der Waals surface area contributed by atoms with Crippen molar-refractivity contribution in [2.45, 2.75) is 71.9 Å². The lowest BCUT2D eigenvalue weighted by Crippen LogP contribution is -2.45. The number of nitrogens with one attached hydrogen (secondary N) is 1. The van der Waals surface area contributed by atoms with Gasteiger partial charge in [0.1, 0.15) is 0 Å². The minimum absolute atomic E-state index is 0.305. The Morgan fingerprint density at radius 2 is 2.00 bits per heavy atom. The maximum absolute atomic E-state index is 6.01. The molecule has 1 aliphatic carbocycles. The van der Waals surface area contributed by atoms with E-state index in [0.717, 1.165) is 13.2 Å². The Kier molecular flexibility index (Phi) is 7.60. The molecule has 2 atom stereocenters. The van der Waals surface area contributed by atoms with Crippen LogP contribution in [0.3, 0.4) is 0 Å². The van der Waals surface area contributed by atoms with Gasteiger partial charge in [0, 0.05) is 6.61 Å². The molecule has 0 radical (unpaired) electrons. The van der Waals surface area contributed by atoms with E-state index in [2.05, 4.69) is 39.1 Å². The summed E-state index contributed by atoms with van der Waals surface area (Å²) in [4.78, 5) is 0. The first-order valence-electron chi connectivity index (χ1n) is 7.74. The third-order valence-corrected chi connectivity index (χ3v) is 3.74. The number of hydrogen-bond acceptors (Lipinski definition) is 2. The third kappa shape index (κ3) is 4.74. The molecule has 0 heterocycles. The van der Waals surface area contributed by atoms with Crippen LogP contribution < -0.4 is 5.32 Å². The van der Waals surface area contributed by atoms with Gasteiger partial charge in [0.2, 0.25) is 0 Å². The minimum Gasteiger partial charge on any atom is -0.376 e. The van der Waals surface area contributed by atoms with Crippen LogP contribution in [0.25, 0.3) is 0 Å². The van der Waals surface area contributed by atoms with Crippen molar-refractivity contribution in [3.63, 3.8) is 0 Å². The minimum atomic E-state index is 0.305. The second kappa shape index (κ2) is 8.71. The van der Waals surface area contributed by atoms with Gasteiger partial charge in [0.05, 0.1) is 12.1 Å². The summed E-state index contributed by atoms with van der Waals surface area (Å²) in [5.74, 6) is 0.554. The lowest BCUT2D eigenvalue weighted by molar-refractivity contribution is 0.0116. The number of allylic oxidation sites excluding steroid dienone is 1. The van der Waals surface area contributed by atoms with Gasteiger partial charge in [-0.15, -0.1) is 0 Å². The summed E-state index contributed by atoms with van der Waals surface area (Å²) < 4.78 is 6.01. The molecule has 2 heteroatoms. The maximum atomic E-state index is 6.01. The van der Waals surface area contributed by atoms with E-state index in [-0.39, 0.29) is 0 Å². The van der Waals surface area contributed by atoms with Crippen molar-refractivity contribution in [1.29, 1.82) is 0 Å². The van der Waals surface area contributed by atoms with Crippen LogP contribution in [0.2, 0.25) is 0 Å². The molecule has 0 aliphatic heterocycles. The largest absolute Gasteiger partial charge is 0.376 e. The zero-order valence-corrected chi connectivity index (χ0v) is 12.7. The first-order chi connectivity index (χ1) is 8.70. The van der Waals surface area contributed by atoms with Crippen LogP contribution in [0, 0.1) is 5.92 Å². The summed E-state index contributed by atoms with van der Waals surface area (Å²) in [5, 5.41) is 3.65. The summed E-state index contributed by atoms with van der Waals surface area (Å²) in [6.45, 7) is 10.6. The monoisotopic (exact) mass is 253 g/mol. The summed E-state index contributed by atoms with van der Waals surface area (Å²) >= 11 is 0. The van der Waals surface area contributed by atoms with Gasteiger partial charge >= 0.3 is 0 Å². The van der Waals surface area contributed by atoms with Gasteiger partial charge in [0.25, 0.3) is 0 Å². The number of rotatable bonds is 7. The molecule has 0 fully saturated rings. The third-order valence-electron chi connectivity index (χ3n) is 3.74. The van der Waals surface area contributed by atoms with Crippen LogP contribution >= 0.6 is 0 Å². The fourth-order valence-electron chi connectivity index (χ4n) is 2.87. The van der Waals surface area contributed by atoms with Gasteiger partial charge in [-0.1, -0.05) is 38.8 Å². The highest BCUT2D eigenvalue weighted by atomic mass is 16.5. The second-order valence-corrected chi connectivity index (χ2v) is 5.58.